The van der Waals surface area contributed by atoms with E-state index in [0.717, 1.165) is 39.1 Å². The summed E-state index contributed by atoms with van der Waals surface area (Å²) in [5.41, 5.74) is 10.9. The van der Waals surface area contributed by atoms with Crippen molar-refractivity contribution in [1.82, 2.24) is 14.5 Å². The summed E-state index contributed by atoms with van der Waals surface area (Å²) in [6.07, 6.45) is 0. The van der Waals surface area contributed by atoms with E-state index in [1.807, 2.05) is 12.1 Å². The monoisotopic (exact) mass is 595 g/mol. The Kier molecular flexibility index (Phi) is 4.84. The van der Waals surface area contributed by atoms with Gasteiger partial charge in [-0.2, -0.15) is 0 Å². The maximum Gasteiger partial charge on any atom is 0.165 e. The maximum absolute atomic E-state index is 5.43. The van der Waals surface area contributed by atoms with Gasteiger partial charge in [0.15, 0.2) is 5.82 Å². The lowest BCUT2D eigenvalue weighted by Crippen LogP contribution is -2.04. The maximum atomic E-state index is 5.43. The standard InChI is InChI=1S/C44H25N3/c1-3-11-26(12-4-1)33-25-37-42-40-32(33)23-21-27-15-9-17-30(38(27)40)31-18-10-16-28-22-24-36(41(42)39(28)31)47(37)44-43(29-13-5-2-6-14-29)45-34-19-7-8-20-35(34)46-44/h1-25H. The van der Waals surface area contributed by atoms with Gasteiger partial charge in [-0.25, -0.2) is 9.97 Å². The molecule has 0 fully saturated rings. The van der Waals surface area contributed by atoms with Gasteiger partial charge in [0.05, 0.1) is 22.1 Å². The molecule has 3 heteroatoms. The van der Waals surface area contributed by atoms with Crippen molar-refractivity contribution in [2.75, 3.05) is 0 Å². The van der Waals surface area contributed by atoms with E-state index in [-0.39, 0.29) is 0 Å². The van der Waals surface area contributed by atoms with Gasteiger partial charge < -0.3 is 0 Å². The van der Waals surface area contributed by atoms with Crippen molar-refractivity contribution in [2.24, 2.45) is 0 Å². The number of benzene rings is 8. The predicted molar refractivity (Wildman–Crippen MR) is 196 cm³/mol. The van der Waals surface area contributed by atoms with E-state index in [9.17, 15) is 0 Å². The highest BCUT2D eigenvalue weighted by molar-refractivity contribution is 6.39. The van der Waals surface area contributed by atoms with Crippen molar-refractivity contribution in [3.63, 3.8) is 0 Å². The van der Waals surface area contributed by atoms with Crippen LogP contribution >= 0.6 is 0 Å². The molecule has 0 saturated heterocycles. The SMILES string of the molecule is c1ccc(-c2nc3ccccc3nc2-n2c3ccc4cccc5c4c3c3c4c(ccc6cccc-5c64)c(-c4ccccc4)cc32)cc1. The van der Waals surface area contributed by atoms with E-state index in [0.29, 0.717) is 0 Å². The number of rotatable bonds is 3. The smallest absolute Gasteiger partial charge is 0.165 e. The minimum absolute atomic E-state index is 0.839. The fourth-order valence-electron chi connectivity index (χ4n) is 8.11. The molecule has 1 aliphatic rings. The molecular formula is C44H25N3. The van der Waals surface area contributed by atoms with Crippen LogP contribution < -0.4 is 0 Å². The van der Waals surface area contributed by atoms with Crippen molar-refractivity contribution in [3.05, 3.63) is 152 Å². The Bertz CT molecular complexity index is 2940. The summed E-state index contributed by atoms with van der Waals surface area (Å²) in [4.78, 5) is 10.7. The minimum Gasteiger partial charge on any atom is -0.292 e. The Morgan fingerprint density at radius 1 is 0.383 bits per heavy atom. The highest BCUT2D eigenvalue weighted by atomic mass is 15.1. The molecule has 0 amide bonds. The molecule has 3 nitrogen and oxygen atoms in total. The van der Waals surface area contributed by atoms with Crippen LogP contribution in [0.5, 0.6) is 0 Å². The molecule has 216 valence electrons. The summed E-state index contributed by atoms with van der Waals surface area (Å²) >= 11 is 0. The number of nitrogens with zero attached hydrogens (tertiary/aromatic N) is 3. The fourth-order valence-corrected chi connectivity index (χ4v) is 8.11. The van der Waals surface area contributed by atoms with E-state index < -0.39 is 0 Å². The second-order valence-electron chi connectivity index (χ2n) is 12.5. The summed E-state index contributed by atoms with van der Waals surface area (Å²) in [6.45, 7) is 0. The number of fused-ring (bicyclic) bond motifs is 2. The molecule has 0 saturated carbocycles. The van der Waals surface area contributed by atoms with Crippen LogP contribution in [0.1, 0.15) is 0 Å². The zero-order valence-electron chi connectivity index (χ0n) is 25.3. The zero-order chi connectivity index (χ0) is 30.6. The Hall–Kier alpha value is -6.32. The molecule has 0 radical (unpaired) electrons. The highest BCUT2D eigenvalue weighted by Crippen LogP contribution is 2.52. The molecule has 0 N–H and O–H groups in total. The van der Waals surface area contributed by atoms with Crippen LogP contribution in [0, 0.1) is 0 Å². The zero-order valence-corrected chi connectivity index (χ0v) is 25.3. The van der Waals surface area contributed by atoms with E-state index >= 15 is 0 Å². The molecule has 0 bridgehead atoms. The Morgan fingerprint density at radius 2 is 0.979 bits per heavy atom. The van der Waals surface area contributed by atoms with E-state index in [4.69, 9.17) is 9.97 Å². The topological polar surface area (TPSA) is 30.7 Å². The van der Waals surface area contributed by atoms with Gasteiger partial charge in [-0.3, -0.25) is 4.57 Å². The molecule has 47 heavy (non-hydrogen) atoms. The first-order valence-electron chi connectivity index (χ1n) is 16.1. The van der Waals surface area contributed by atoms with Crippen LogP contribution in [-0.2, 0) is 0 Å². The molecule has 11 rings (SSSR count). The van der Waals surface area contributed by atoms with Crippen molar-refractivity contribution < 1.29 is 0 Å². The average molecular weight is 596 g/mol. The lowest BCUT2D eigenvalue weighted by atomic mass is 9.90. The molecule has 2 heterocycles. The normalized spacial score (nSPS) is 12.3. The third kappa shape index (κ3) is 3.30. The first-order chi connectivity index (χ1) is 23.3. The predicted octanol–water partition coefficient (Wildman–Crippen LogP) is 11.5. The highest BCUT2D eigenvalue weighted by Gasteiger charge is 2.27. The number of para-hydroxylation sites is 2. The van der Waals surface area contributed by atoms with Gasteiger partial charge in [0, 0.05) is 21.7 Å². The second kappa shape index (κ2) is 9.12. The molecular weight excluding hydrogens is 571 g/mol. The lowest BCUT2D eigenvalue weighted by Gasteiger charge is -2.17. The van der Waals surface area contributed by atoms with E-state index in [2.05, 4.69) is 144 Å². The molecule has 0 unspecified atom stereocenters. The number of hydrogen-bond donors (Lipinski definition) is 0. The van der Waals surface area contributed by atoms with Gasteiger partial charge in [0.1, 0.15) is 5.69 Å². The summed E-state index contributed by atoms with van der Waals surface area (Å²) in [5, 5.41) is 10.2. The molecule has 2 aromatic heterocycles. The third-order valence-corrected chi connectivity index (χ3v) is 10.1. The molecule has 0 spiro atoms. The number of hydrogen-bond acceptors (Lipinski definition) is 2. The summed E-state index contributed by atoms with van der Waals surface area (Å²) in [6, 6.07) is 54.6. The Labute approximate surface area is 270 Å². The second-order valence-corrected chi connectivity index (χ2v) is 12.5. The third-order valence-electron chi connectivity index (χ3n) is 10.1. The van der Waals surface area contributed by atoms with Gasteiger partial charge in [0.25, 0.3) is 0 Å². The number of aromatic nitrogens is 3. The van der Waals surface area contributed by atoms with Crippen LogP contribution in [0.15, 0.2) is 152 Å². The van der Waals surface area contributed by atoms with E-state index in [1.165, 1.54) is 65.3 Å². The average Bonchev–Trinajstić information content (AvgIpc) is 3.41. The first kappa shape index (κ1) is 24.9. The minimum atomic E-state index is 0.839. The van der Waals surface area contributed by atoms with Crippen LogP contribution in [0.3, 0.4) is 0 Å². The lowest BCUT2D eigenvalue weighted by molar-refractivity contribution is 1.08. The molecule has 0 aliphatic heterocycles. The van der Waals surface area contributed by atoms with Crippen LogP contribution in [0.4, 0.5) is 0 Å². The van der Waals surface area contributed by atoms with Crippen LogP contribution in [0.2, 0.25) is 0 Å². The molecule has 10 aromatic rings. The van der Waals surface area contributed by atoms with Gasteiger partial charge in [-0.15, -0.1) is 0 Å². The summed E-state index contributed by atoms with van der Waals surface area (Å²) < 4.78 is 2.39. The van der Waals surface area contributed by atoms with Crippen molar-refractivity contribution >= 4 is 65.2 Å². The largest absolute Gasteiger partial charge is 0.292 e. The summed E-state index contributed by atoms with van der Waals surface area (Å²) in [7, 11) is 0. The fraction of sp³-hybridized carbons (Fsp3) is 0. The molecule has 0 atom stereocenters. The van der Waals surface area contributed by atoms with Gasteiger partial charge >= 0.3 is 0 Å². The van der Waals surface area contributed by atoms with Gasteiger partial charge in [0.2, 0.25) is 0 Å². The van der Waals surface area contributed by atoms with Crippen molar-refractivity contribution in [1.29, 1.82) is 0 Å². The Balaban J connectivity index is 1.45. The van der Waals surface area contributed by atoms with Crippen LogP contribution in [0.25, 0.3) is 104 Å². The Morgan fingerprint density at radius 3 is 1.70 bits per heavy atom. The van der Waals surface area contributed by atoms with Crippen LogP contribution in [-0.4, -0.2) is 14.5 Å². The molecule has 8 aromatic carbocycles. The van der Waals surface area contributed by atoms with Gasteiger partial charge in [-0.05, 0) is 73.5 Å². The van der Waals surface area contributed by atoms with Gasteiger partial charge in [-0.1, -0.05) is 127 Å². The van der Waals surface area contributed by atoms with Crippen molar-refractivity contribution in [3.8, 4) is 39.3 Å². The first-order valence-corrected chi connectivity index (χ1v) is 16.1. The van der Waals surface area contributed by atoms with Crippen molar-refractivity contribution in [2.45, 2.75) is 0 Å². The van der Waals surface area contributed by atoms with E-state index in [1.54, 1.807) is 0 Å². The quantitative estimate of drug-likeness (QED) is 0.190. The molecule has 1 aliphatic carbocycles. The summed E-state index contributed by atoms with van der Waals surface area (Å²) in [5.74, 6) is 0.839.